The number of hydrogen-bond donors (Lipinski definition) is 2. The molecule has 0 aliphatic rings. The van der Waals surface area contributed by atoms with Crippen LogP contribution in [0.1, 0.15) is 13.3 Å². The normalized spacial score (nSPS) is 13.5. The monoisotopic (exact) mass is 198 g/mol. The highest BCUT2D eigenvalue weighted by Crippen LogP contribution is 2.18. The predicted molar refractivity (Wildman–Crippen MR) is 37.5 cm³/mol. The summed E-state index contributed by atoms with van der Waals surface area (Å²) in [6.45, 7) is 1.20. The van der Waals surface area contributed by atoms with Crippen molar-refractivity contribution in [1.29, 1.82) is 0 Å². The van der Waals surface area contributed by atoms with Crippen LogP contribution < -0.4 is 11.1 Å². The van der Waals surface area contributed by atoms with Gasteiger partial charge in [0.1, 0.15) is 12.5 Å². The second-order valence-electron chi connectivity index (χ2n) is 2.48. The van der Waals surface area contributed by atoms with Crippen molar-refractivity contribution in [3.63, 3.8) is 0 Å². The van der Waals surface area contributed by atoms with Crippen LogP contribution in [0.15, 0.2) is 0 Å². The number of primary amides is 1. The van der Waals surface area contributed by atoms with Crippen molar-refractivity contribution in [2.24, 2.45) is 5.73 Å². The number of halogens is 3. The quantitative estimate of drug-likeness (QED) is 0.666. The van der Waals surface area contributed by atoms with E-state index in [-0.39, 0.29) is 0 Å². The van der Waals surface area contributed by atoms with Gasteiger partial charge in [0.15, 0.2) is 0 Å². The van der Waals surface area contributed by atoms with Gasteiger partial charge >= 0.3 is 6.18 Å². The molecule has 1 atom stereocenters. The van der Waals surface area contributed by atoms with Crippen LogP contribution >= 0.6 is 0 Å². The summed E-state index contributed by atoms with van der Waals surface area (Å²) in [6, 6.07) is -1.09. The van der Waals surface area contributed by atoms with Gasteiger partial charge in [-0.15, -0.1) is 0 Å². The van der Waals surface area contributed by atoms with E-state index in [2.05, 4.69) is 0 Å². The van der Waals surface area contributed by atoms with E-state index in [9.17, 15) is 22.8 Å². The molecule has 0 heterocycles. The van der Waals surface area contributed by atoms with Crippen molar-refractivity contribution in [2.45, 2.75) is 25.6 Å². The second kappa shape index (κ2) is 4.11. The lowest BCUT2D eigenvalue weighted by atomic mass is 10.3. The van der Waals surface area contributed by atoms with Crippen LogP contribution in [0.2, 0.25) is 0 Å². The molecule has 0 saturated heterocycles. The van der Waals surface area contributed by atoms with Crippen molar-refractivity contribution in [2.75, 3.05) is 0 Å². The molecule has 0 unspecified atom stereocenters. The molecule has 7 heteroatoms. The molecule has 4 nitrogen and oxygen atoms in total. The Morgan fingerprint density at radius 3 is 2.23 bits per heavy atom. The van der Waals surface area contributed by atoms with Crippen molar-refractivity contribution >= 4 is 11.8 Å². The van der Waals surface area contributed by atoms with Gasteiger partial charge in [-0.2, -0.15) is 13.2 Å². The summed E-state index contributed by atoms with van der Waals surface area (Å²) < 4.78 is 34.7. The molecule has 0 radical (unpaired) electrons. The van der Waals surface area contributed by atoms with Gasteiger partial charge in [-0.1, -0.05) is 0 Å². The van der Waals surface area contributed by atoms with E-state index in [0.29, 0.717) is 0 Å². The molecule has 0 saturated carbocycles. The summed E-state index contributed by atoms with van der Waals surface area (Å²) in [7, 11) is 0. The summed E-state index contributed by atoms with van der Waals surface area (Å²) in [5.74, 6) is -2.14. The Kier molecular flexibility index (Phi) is 3.70. The summed E-state index contributed by atoms with van der Waals surface area (Å²) in [5.41, 5.74) is 4.71. The third kappa shape index (κ3) is 5.94. The lowest BCUT2D eigenvalue weighted by Crippen LogP contribution is -2.43. The second-order valence-corrected chi connectivity index (χ2v) is 2.48. The molecule has 0 spiro atoms. The average molecular weight is 198 g/mol. The summed E-state index contributed by atoms with van der Waals surface area (Å²) in [4.78, 5) is 20.9. The number of alkyl halides is 3. The van der Waals surface area contributed by atoms with Gasteiger partial charge in [0.2, 0.25) is 11.8 Å². The molecule has 3 N–H and O–H groups in total. The first-order valence-corrected chi connectivity index (χ1v) is 3.38. The Morgan fingerprint density at radius 1 is 1.46 bits per heavy atom. The zero-order chi connectivity index (χ0) is 10.6. The van der Waals surface area contributed by atoms with E-state index < -0.39 is 30.5 Å². The molecular formula is C6H9F3N2O2. The largest absolute Gasteiger partial charge is 0.397 e. The molecule has 0 rings (SSSR count). The van der Waals surface area contributed by atoms with Gasteiger partial charge in [0.05, 0.1) is 0 Å². The van der Waals surface area contributed by atoms with E-state index >= 15 is 0 Å². The van der Waals surface area contributed by atoms with E-state index in [1.165, 1.54) is 6.92 Å². The Bertz CT molecular complexity index is 214. The molecule has 0 bridgehead atoms. The topological polar surface area (TPSA) is 72.2 Å². The smallest absolute Gasteiger partial charge is 0.368 e. The minimum atomic E-state index is -4.57. The lowest BCUT2D eigenvalue weighted by Gasteiger charge is -2.11. The highest BCUT2D eigenvalue weighted by atomic mass is 19.4. The fourth-order valence-electron chi connectivity index (χ4n) is 0.546. The number of amides is 2. The first-order chi connectivity index (χ1) is 5.72. The van der Waals surface area contributed by atoms with Crippen LogP contribution in [0.25, 0.3) is 0 Å². The molecule has 76 valence electrons. The molecule has 0 aliphatic carbocycles. The Balaban J connectivity index is 3.96. The van der Waals surface area contributed by atoms with E-state index in [0.717, 1.165) is 0 Å². The number of rotatable bonds is 3. The van der Waals surface area contributed by atoms with Crippen LogP contribution in [0, 0.1) is 0 Å². The zero-order valence-corrected chi connectivity index (χ0v) is 6.81. The van der Waals surface area contributed by atoms with Crippen LogP contribution in [-0.2, 0) is 9.59 Å². The van der Waals surface area contributed by atoms with Gasteiger partial charge in [0, 0.05) is 0 Å². The van der Waals surface area contributed by atoms with Crippen LogP contribution in [0.5, 0.6) is 0 Å². The maximum absolute atomic E-state index is 11.6. The summed E-state index contributed by atoms with van der Waals surface area (Å²) in [5, 5.41) is 1.80. The van der Waals surface area contributed by atoms with Gasteiger partial charge in [0.25, 0.3) is 0 Å². The predicted octanol–water partition coefficient (Wildman–Crippen LogP) is -0.0712. The lowest BCUT2D eigenvalue weighted by molar-refractivity contribution is -0.154. The molecule has 0 fully saturated rings. The Hall–Kier alpha value is -1.27. The fourth-order valence-corrected chi connectivity index (χ4v) is 0.546. The van der Waals surface area contributed by atoms with Crippen LogP contribution in [0.4, 0.5) is 13.2 Å². The summed E-state index contributed by atoms with van der Waals surface area (Å²) in [6.07, 6.45) is -6.17. The minimum absolute atomic E-state index is 0.879. The van der Waals surface area contributed by atoms with Gasteiger partial charge < -0.3 is 11.1 Å². The molecule has 0 aromatic rings. The van der Waals surface area contributed by atoms with Gasteiger partial charge in [-0.25, -0.2) is 0 Å². The molecule has 13 heavy (non-hydrogen) atoms. The van der Waals surface area contributed by atoms with Crippen molar-refractivity contribution in [1.82, 2.24) is 5.32 Å². The standard InChI is InChI=1S/C6H9F3N2O2/c1-3(5(10)13)11-4(12)2-6(7,8)9/h3H,2H2,1H3,(H2,10,13)(H,11,12)/t3-/m1/s1. The third-order valence-electron chi connectivity index (χ3n) is 1.17. The molecule has 0 aromatic carbocycles. The SMILES string of the molecule is C[C@@H](NC(=O)CC(F)(F)F)C(N)=O. The molecule has 2 amide bonds. The maximum atomic E-state index is 11.6. The van der Waals surface area contributed by atoms with E-state index in [4.69, 9.17) is 5.73 Å². The first kappa shape index (κ1) is 11.7. The summed E-state index contributed by atoms with van der Waals surface area (Å²) >= 11 is 0. The number of carbonyl (C=O) groups excluding carboxylic acids is 2. The fraction of sp³-hybridized carbons (Fsp3) is 0.667. The first-order valence-electron chi connectivity index (χ1n) is 3.38. The Morgan fingerprint density at radius 2 is 1.92 bits per heavy atom. The third-order valence-corrected chi connectivity index (χ3v) is 1.17. The van der Waals surface area contributed by atoms with Gasteiger partial charge in [-0.3, -0.25) is 9.59 Å². The number of nitrogens with two attached hydrogens (primary N) is 1. The zero-order valence-electron chi connectivity index (χ0n) is 6.81. The van der Waals surface area contributed by atoms with Crippen LogP contribution in [0.3, 0.4) is 0 Å². The van der Waals surface area contributed by atoms with E-state index in [1.807, 2.05) is 0 Å². The van der Waals surface area contributed by atoms with Crippen molar-refractivity contribution in [3.05, 3.63) is 0 Å². The number of hydrogen-bond acceptors (Lipinski definition) is 2. The average Bonchev–Trinajstić information content (AvgIpc) is 1.81. The maximum Gasteiger partial charge on any atom is 0.397 e. The number of nitrogens with one attached hydrogen (secondary N) is 1. The van der Waals surface area contributed by atoms with Crippen LogP contribution in [-0.4, -0.2) is 24.0 Å². The highest BCUT2D eigenvalue weighted by Gasteiger charge is 2.31. The minimum Gasteiger partial charge on any atom is -0.368 e. The van der Waals surface area contributed by atoms with Crippen molar-refractivity contribution in [3.8, 4) is 0 Å². The molecule has 0 aliphatic heterocycles. The highest BCUT2D eigenvalue weighted by molar-refractivity contribution is 5.86. The molecular weight excluding hydrogens is 189 g/mol. The molecule has 0 aromatic heterocycles. The van der Waals surface area contributed by atoms with Crippen molar-refractivity contribution < 1.29 is 22.8 Å². The van der Waals surface area contributed by atoms with Gasteiger partial charge in [-0.05, 0) is 6.92 Å². The van der Waals surface area contributed by atoms with E-state index in [1.54, 1.807) is 5.32 Å². The Labute approximate surface area is 72.3 Å². The number of carbonyl (C=O) groups is 2.